The van der Waals surface area contributed by atoms with Gasteiger partial charge in [0, 0.05) is 24.7 Å². The Hall–Kier alpha value is -1.40. The molecule has 1 aromatic carbocycles. The first-order chi connectivity index (χ1) is 12.4. The van der Waals surface area contributed by atoms with E-state index in [1.165, 1.54) is 0 Å². The van der Waals surface area contributed by atoms with Crippen molar-refractivity contribution in [1.29, 1.82) is 0 Å². The molecule has 0 saturated carbocycles. The van der Waals surface area contributed by atoms with Gasteiger partial charge in [0.1, 0.15) is 0 Å². The summed E-state index contributed by atoms with van der Waals surface area (Å²) in [5.74, 6) is 0.417. The van der Waals surface area contributed by atoms with Crippen LogP contribution in [0.1, 0.15) is 59.3 Å². The van der Waals surface area contributed by atoms with Crippen LogP contribution in [0.4, 0.5) is 5.69 Å². The minimum absolute atomic E-state index is 0.00759. The number of rotatable bonds is 8. The van der Waals surface area contributed by atoms with Crippen molar-refractivity contribution in [3.8, 4) is 0 Å². The molecule has 0 aliphatic carbocycles. The van der Waals surface area contributed by atoms with E-state index in [9.17, 15) is 13.2 Å². The van der Waals surface area contributed by atoms with Crippen LogP contribution in [0.15, 0.2) is 29.2 Å². The molecule has 6 heteroatoms. The first kappa shape index (κ1) is 20.9. The molecule has 0 aromatic heterocycles. The van der Waals surface area contributed by atoms with Gasteiger partial charge in [-0.1, -0.05) is 33.6 Å². The van der Waals surface area contributed by atoms with Crippen LogP contribution in [0.3, 0.4) is 0 Å². The highest BCUT2D eigenvalue weighted by atomic mass is 32.2. The average Bonchev–Trinajstić information content (AvgIpc) is 2.63. The van der Waals surface area contributed by atoms with E-state index in [0.717, 1.165) is 38.5 Å². The van der Waals surface area contributed by atoms with E-state index in [1.54, 1.807) is 28.6 Å². The molecule has 5 nitrogen and oxygen atoms in total. The third-order valence-electron chi connectivity index (χ3n) is 5.15. The predicted molar refractivity (Wildman–Crippen MR) is 106 cm³/mol. The molecule has 1 aromatic rings. The van der Waals surface area contributed by atoms with E-state index in [0.29, 0.717) is 29.6 Å². The largest absolute Gasteiger partial charge is 0.326 e. The fraction of sp³-hybridized carbons (Fsp3) is 0.650. The number of hydrogen-bond donors (Lipinski definition) is 1. The second-order valence-corrected chi connectivity index (χ2v) is 9.31. The van der Waals surface area contributed by atoms with Crippen LogP contribution in [-0.2, 0) is 14.8 Å². The van der Waals surface area contributed by atoms with Crippen LogP contribution in [0.2, 0.25) is 0 Å². The van der Waals surface area contributed by atoms with Gasteiger partial charge in [0.15, 0.2) is 0 Å². The lowest BCUT2D eigenvalue weighted by molar-refractivity contribution is -0.120. The lowest BCUT2D eigenvalue weighted by atomic mass is 9.98. The van der Waals surface area contributed by atoms with Crippen molar-refractivity contribution < 1.29 is 13.2 Å². The molecular formula is C20H32N2O3S. The van der Waals surface area contributed by atoms with Crippen LogP contribution in [0.5, 0.6) is 0 Å². The lowest BCUT2D eigenvalue weighted by Crippen LogP contribution is -2.39. The van der Waals surface area contributed by atoms with Crippen LogP contribution >= 0.6 is 0 Å². The van der Waals surface area contributed by atoms with Crippen molar-refractivity contribution in [2.24, 2.45) is 11.8 Å². The van der Waals surface area contributed by atoms with Crippen LogP contribution in [0, 0.1) is 11.8 Å². The number of hydrogen-bond acceptors (Lipinski definition) is 3. The summed E-state index contributed by atoms with van der Waals surface area (Å²) < 4.78 is 27.1. The van der Waals surface area contributed by atoms with Gasteiger partial charge in [-0.15, -0.1) is 0 Å². The third-order valence-corrected chi connectivity index (χ3v) is 7.03. The van der Waals surface area contributed by atoms with Crippen molar-refractivity contribution in [3.63, 3.8) is 0 Å². The molecule has 2 atom stereocenters. The number of anilines is 1. The van der Waals surface area contributed by atoms with Gasteiger partial charge in [0.25, 0.3) is 0 Å². The quantitative estimate of drug-likeness (QED) is 0.733. The van der Waals surface area contributed by atoms with Crippen molar-refractivity contribution in [2.45, 2.75) is 64.2 Å². The minimum atomic E-state index is -3.45. The van der Waals surface area contributed by atoms with Gasteiger partial charge in [-0.3, -0.25) is 4.79 Å². The monoisotopic (exact) mass is 380 g/mol. The maximum Gasteiger partial charge on any atom is 0.243 e. The summed E-state index contributed by atoms with van der Waals surface area (Å²) in [5, 5.41) is 2.92. The van der Waals surface area contributed by atoms with Gasteiger partial charge in [0.05, 0.1) is 4.90 Å². The summed E-state index contributed by atoms with van der Waals surface area (Å²) in [6.45, 7) is 7.39. The topological polar surface area (TPSA) is 66.5 Å². The SMILES string of the molecule is CCCCC(CC)C(=O)Nc1ccc(S(=O)(=O)N2CCCC(C)C2)cc1. The molecule has 1 aliphatic heterocycles. The molecule has 2 unspecified atom stereocenters. The molecule has 0 radical (unpaired) electrons. The van der Waals surface area contributed by atoms with Gasteiger partial charge in [0.2, 0.25) is 15.9 Å². The molecular weight excluding hydrogens is 348 g/mol. The third kappa shape index (κ3) is 5.30. The van der Waals surface area contributed by atoms with Crippen molar-refractivity contribution in [1.82, 2.24) is 4.31 Å². The highest BCUT2D eigenvalue weighted by Gasteiger charge is 2.28. The first-order valence-electron chi connectivity index (χ1n) is 9.79. The zero-order chi connectivity index (χ0) is 19.2. The van der Waals surface area contributed by atoms with Crippen LogP contribution in [0.25, 0.3) is 0 Å². The molecule has 26 heavy (non-hydrogen) atoms. The Kier molecular flexibility index (Phi) is 7.65. The minimum Gasteiger partial charge on any atom is -0.326 e. The van der Waals surface area contributed by atoms with Crippen molar-refractivity contribution >= 4 is 21.6 Å². The number of benzene rings is 1. The van der Waals surface area contributed by atoms with Gasteiger partial charge in [-0.25, -0.2) is 8.42 Å². The smallest absolute Gasteiger partial charge is 0.243 e. The Labute approximate surface area is 158 Å². The summed E-state index contributed by atoms with van der Waals surface area (Å²) >= 11 is 0. The molecule has 1 N–H and O–H groups in total. The number of piperidine rings is 1. The highest BCUT2D eigenvalue weighted by Crippen LogP contribution is 2.24. The van der Waals surface area contributed by atoms with E-state index >= 15 is 0 Å². The molecule has 1 aliphatic rings. The average molecular weight is 381 g/mol. The predicted octanol–water partition coefficient (Wildman–Crippen LogP) is 4.26. The normalized spacial score (nSPS) is 19.9. The number of carbonyl (C=O) groups is 1. The molecule has 1 saturated heterocycles. The summed E-state index contributed by atoms with van der Waals surface area (Å²) in [6, 6.07) is 6.56. The van der Waals surface area contributed by atoms with E-state index < -0.39 is 10.0 Å². The fourth-order valence-electron chi connectivity index (χ4n) is 3.44. The molecule has 1 fully saturated rings. The first-order valence-corrected chi connectivity index (χ1v) is 11.2. The summed E-state index contributed by atoms with van der Waals surface area (Å²) in [7, 11) is -3.45. The maximum absolute atomic E-state index is 12.8. The van der Waals surface area contributed by atoms with E-state index in [1.807, 2.05) is 6.92 Å². The Morgan fingerprint density at radius 1 is 1.27 bits per heavy atom. The Morgan fingerprint density at radius 2 is 1.96 bits per heavy atom. The van der Waals surface area contributed by atoms with Gasteiger partial charge in [-0.05, 0) is 55.9 Å². The van der Waals surface area contributed by atoms with Crippen LogP contribution < -0.4 is 5.32 Å². The molecule has 1 heterocycles. The standard InChI is InChI=1S/C20H32N2O3S/c1-4-6-9-17(5-2)20(23)21-18-10-12-19(13-11-18)26(24,25)22-14-7-8-16(3)15-22/h10-13,16-17H,4-9,14-15H2,1-3H3,(H,21,23). The van der Waals surface area contributed by atoms with Crippen molar-refractivity contribution in [2.75, 3.05) is 18.4 Å². The summed E-state index contributed by atoms with van der Waals surface area (Å²) in [5.41, 5.74) is 0.649. The fourth-order valence-corrected chi connectivity index (χ4v) is 5.04. The van der Waals surface area contributed by atoms with Gasteiger partial charge >= 0.3 is 0 Å². The summed E-state index contributed by atoms with van der Waals surface area (Å²) in [6.07, 6.45) is 5.80. The summed E-state index contributed by atoms with van der Waals surface area (Å²) in [4.78, 5) is 12.7. The lowest BCUT2D eigenvalue weighted by Gasteiger charge is -2.30. The van der Waals surface area contributed by atoms with Crippen molar-refractivity contribution in [3.05, 3.63) is 24.3 Å². The zero-order valence-corrected chi connectivity index (χ0v) is 17.0. The Morgan fingerprint density at radius 3 is 2.54 bits per heavy atom. The van der Waals surface area contributed by atoms with E-state index in [2.05, 4.69) is 19.2 Å². The zero-order valence-electron chi connectivity index (χ0n) is 16.2. The molecule has 1 amide bonds. The number of nitrogens with zero attached hydrogens (tertiary/aromatic N) is 1. The van der Waals surface area contributed by atoms with Gasteiger partial charge in [-0.2, -0.15) is 4.31 Å². The second-order valence-electron chi connectivity index (χ2n) is 7.37. The highest BCUT2D eigenvalue weighted by molar-refractivity contribution is 7.89. The number of sulfonamides is 1. The Balaban J connectivity index is 2.04. The second kappa shape index (κ2) is 9.51. The molecule has 146 valence electrons. The number of nitrogens with one attached hydrogen (secondary N) is 1. The molecule has 0 bridgehead atoms. The molecule has 0 spiro atoms. The van der Waals surface area contributed by atoms with E-state index in [-0.39, 0.29) is 11.8 Å². The van der Waals surface area contributed by atoms with Crippen LogP contribution in [-0.4, -0.2) is 31.7 Å². The Bertz CT molecular complexity index is 686. The van der Waals surface area contributed by atoms with E-state index in [4.69, 9.17) is 0 Å². The number of amides is 1. The number of carbonyl (C=O) groups excluding carboxylic acids is 1. The maximum atomic E-state index is 12.8. The molecule has 2 rings (SSSR count). The van der Waals surface area contributed by atoms with Gasteiger partial charge < -0.3 is 5.32 Å². The number of unbranched alkanes of at least 4 members (excludes halogenated alkanes) is 1.